The summed E-state index contributed by atoms with van der Waals surface area (Å²) in [5, 5.41) is 19.1. The molecular weight excluding hydrogens is 783 g/mol. The van der Waals surface area contributed by atoms with Gasteiger partial charge in [-0.3, -0.25) is 9.59 Å². The highest BCUT2D eigenvalue weighted by molar-refractivity contribution is 6.31. The highest BCUT2D eigenvalue weighted by Crippen LogP contribution is 2.62. The lowest BCUT2D eigenvalue weighted by atomic mass is 10.0. The molecule has 1 heterocycles. The number of hydrogen-bond donors (Lipinski definition) is 2. The Labute approximate surface area is 346 Å². The van der Waals surface area contributed by atoms with Crippen molar-refractivity contribution in [1.29, 1.82) is 0 Å². The number of hydrogen-bond acceptors (Lipinski definition) is 9. The van der Waals surface area contributed by atoms with Crippen molar-refractivity contribution in [2.75, 3.05) is 14.2 Å². The maximum atomic E-state index is 12.6. The molecule has 2 aromatic carbocycles. The van der Waals surface area contributed by atoms with Gasteiger partial charge in [0.05, 0.1) is 26.0 Å². The van der Waals surface area contributed by atoms with Crippen LogP contribution in [0, 0.1) is 53.8 Å². The first kappa shape index (κ1) is 41.1. The highest BCUT2D eigenvalue weighted by Gasteiger charge is 2.62. The van der Waals surface area contributed by atoms with Gasteiger partial charge in [0.15, 0.2) is 0 Å². The largest absolute Gasteiger partial charge is 0.467 e. The van der Waals surface area contributed by atoms with Gasteiger partial charge in [-0.25, -0.2) is 14.3 Å². The minimum Gasteiger partial charge on any atom is -0.467 e. The monoisotopic (exact) mass is 828 g/mol. The molecule has 1 aromatic heterocycles. The number of terminal acetylenes is 1. The first-order valence-electron chi connectivity index (χ1n) is 19.7. The fourth-order valence-corrected chi connectivity index (χ4v) is 9.17. The van der Waals surface area contributed by atoms with Crippen LogP contribution in [0.5, 0.6) is 0 Å². The second-order valence-electron chi connectivity index (χ2n) is 16.1. The lowest BCUT2D eigenvalue weighted by molar-refractivity contribution is -0.144. The topological polar surface area (TPSA) is 190 Å². The number of aromatic nitrogens is 3. The summed E-state index contributed by atoms with van der Waals surface area (Å²) >= 11 is 11.7. The van der Waals surface area contributed by atoms with E-state index in [0.717, 1.165) is 31.4 Å². The van der Waals surface area contributed by atoms with Gasteiger partial charge < -0.3 is 20.1 Å². The molecule has 0 aliphatic heterocycles. The van der Waals surface area contributed by atoms with Gasteiger partial charge in [-0.2, -0.15) is 0 Å². The van der Waals surface area contributed by atoms with Crippen LogP contribution in [-0.4, -0.2) is 71.1 Å². The zero-order valence-electron chi connectivity index (χ0n) is 32.2. The Hall–Kier alpha value is -5.09. The van der Waals surface area contributed by atoms with Crippen molar-refractivity contribution in [2.24, 2.45) is 46.5 Å². The molecule has 6 aliphatic carbocycles. The molecular formula is C42H46Cl2N8O6. The average molecular weight is 830 g/mol. The van der Waals surface area contributed by atoms with E-state index in [2.05, 4.69) is 43.1 Å². The van der Waals surface area contributed by atoms with E-state index in [-0.39, 0.29) is 47.5 Å². The van der Waals surface area contributed by atoms with Gasteiger partial charge in [-0.15, -0.1) is 17.4 Å². The Balaban J connectivity index is 0.000000160. The minimum absolute atomic E-state index is 0.00786. The van der Waals surface area contributed by atoms with Crippen LogP contribution in [0.25, 0.3) is 10.4 Å². The van der Waals surface area contributed by atoms with E-state index in [0.29, 0.717) is 50.9 Å². The maximum absolute atomic E-state index is 12.6. The molecule has 6 unspecified atom stereocenters. The molecule has 6 fully saturated rings. The molecule has 14 nitrogen and oxygen atoms in total. The zero-order valence-corrected chi connectivity index (χ0v) is 33.8. The number of carbonyl (C=O) groups is 4. The van der Waals surface area contributed by atoms with Crippen LogP contribution in [-0.2, 0) is 19.1 Å². The van der Waals surface area contributed by atoms with E-state index in [1.807, 2.05) is 4.68 Å². The van der Waals surface area contributed by atoms with E-state index in [1.54, 1.807) is 48.5 Å². The molecule has 3 aromatic rings. The van der Waals surface area contributed by atoms with Gasteiger partial charge >= 0.3 is 11.9 Å². The number of azide groups is 1. The molecule has 0 spiro atoms. The van der Waals surface area contributed by atoms with Crippen molar-refractivity contribution in [3.63, 3.8) is 0 Å². The molecule has 304 valence electrons. The molecule has 10 atom stereocenters. The molecule has 6 aliphatic rings. The lowest BCUT2D eigenvalue weighted by Gasteiger charge is -2.21. The predicted molar refractivity (Wildman–Crippen MR) is 214 cm³/mol. The Morgan fingerprint density at radius 3 is 1.66 bits per heavy atom. The van der Waals surface area contributed by atoms with Gasteiger partial charge in [-0.1, -0.05) is 33.5 Å². The number of carbonyl (C=O) groups excluding carboxylic acids is 4. The third kappa shape index (κ3) is 9.60. The fourth-order valence-electron chi connectivity index (χ4n) is 8.91. The number of halogens is 2. The lowest BCUT2D eigenvalue weighted by Crippen LogP contribution is -2.44. The van der Waals surface area contributed by atoms with Gasteiger partial charge in [0.2, 0.25) is 0 Å². The fraction of sp³-hybridized carbons (Fsp3) is 0.524. The number of benzene rings is 2. The molecule has 16 heteroatoms. The second kappa shape index (κ2) is 17.8. The number of ether oxygens (including phenoxy) is 2. The number of amides is 2. The third-order valence-electron chi connectivity index (χ3n) is 12.4. The predicted octanol–water partition coefficient (Wildman–Crippen LogP) is 6.95. The van der Waals surface area contributed by atoms with Crippen LogP contribution in [0.2, 0.25) is 10.0 Å². The number of rotatable bonds is 11. The average Bonchev–Trinajstić information content (AvgIpc) is 4.21. The first-order valence-corrected chi connectivity index (χ1v) is 20.5. The van der Waals surface area contributed by atoms with E-state index >= 15 is 0 Å². The molecule has 2 amide bonds. The van der Waals surface area contributed by atoms with Crippen molar-refractivity contribution >= 4 is 47.0 Å². The second-order valence-corrected chi connectivity index (χ2v) is 16.9. The Bertz CT molecular complexity index is 2070. The van der Waals surface area contributed by atoms with Crippen molar-refractivity contribution < 1.29 is 28.7 Å². The van der Waals surface area contributed by atoms with E-state index in [9.17, 15) is 19.2 Å². The number of nitrogens with zero attached hydrogens (tertiary/aromatic N) is 6. The normalized spacial score (nSPS) is 27.8. The molecule has 9 rings (SSSR count). The summed E-state index contributed by atoms with van der Waals surface area (Å²) in [5.74, 6) is 3.95. The summed E-state index contributed by atoms with van der Waals surface area (Å²) in [7, 11) is 2.67. The smallest absolute Gasteiger partial charge is 0.328 e. The minimum atomic E-state index is -0.680. The van der Waals surface area contributed by atoms with Crippen molar-refractivity contribution in [3.05, 3.63) is 92.0 Å². The number of nitrogens with one attached hydrogen (secondary N) is 2. The number of esters is 2. The summed E-state index contributed by atoms with van der Waals surface area (Å²) in [4.78, 5) is 52.3. The molecule has 0 bridgehead atoms. The standard InChI is InChI=1S/C21H23ClN4O3.C16H17ClN4O3.C5H6/c1-29-21(28)19(23-20(27)12-4-6-13(22)7-5-12)18-15-8-14(9-16(15)18)26-10-17(24-25-26)11-2-3-11;1-24-16(23)14(13-11-6-10(20-21-18)7-12(11)13)19-15(22)8-2-4-9(17)5-3-8;1-2-5-3-4-5/h4-7,10-11,14-16,18-19H,2-3,8-9H2,1H3,(H,23,27);2-5,10-14H,6-7H2,1H3,(H,19,22);1,5H,3-4H2/t14?,15-,16+,18?,19?;10?,11-,12+,13?,14?;. The van der Waals surface area contributed by atoms with Crippen LogP contribution in [0.4, 0.5) is 0 Å². The van der Waals surface area contributed by atoms with Crippen molar-refractivity contribution in [2.45, 2.75) is 81.5 Å². The highest BCUT2D eigenvalue weighted by atomic mass is 35.5. The summed E-state index contributed by atoms with van der Waals surface area (Å²) in [6, 6.07) is 12.1. The molecule has 6 saturated carbocycles. The van der Waals surface area contributed by atoms with Crippen LogP contribution in [0.3, 0.4) is 0 Å². The molecule has 58 heavy (non-hydrogen) atoms. The van der Waals surface area contributed by atoms with Crippen LogP contribution >= 0.6 is 23.2 Å². The van der Waals surface area contributed by atoms with Gasteiger partial charge in [0.1, 0.15) is 12.1 Å². The van der Waals surface area contributed by atoms with E-state index in [4.69, 9.17) is 44.6 Å². The van der Waals surface area contributed by atoms with Crippen molar-refractivity contribution in [3.8, 4) is 12.3 Å². The van der Waals surface area contributed by atoms with Crippen LogP contribution in [0.1, 0.15) is 89.7 Å². The summed E-state index contributed by atoms with van der Waals surface area (Å²) in [5.41, 5.74) is 10.5. The van der Waals surface area contributed by atoms with Crippen molar-refractivity contribution in [1.82, 2.24) is 25.6 Å². The Morgan fingerprint density at radius 2 is 1.28 bits per heavy atom. The summed E-state index contributed by atoms with van der Waals surface area (Å²) in [6.07, 6.45) is 15.5. The number of fused-ring (bicyclic) bond motifs is 2. The molecule has 0 saturated heterocycles. The van der Waals surface area contributed by atoms with Crippen LogP contribution < -0.4 is 10.6 Å². The van der Waals surface area contributed by atoms with Gasteiger partial charge in [0.25, 0.3) is 11.8 Å². The van der Waals surface area contributed by atoms with Gasteiger partial charge in [0, 0.05) is 50.2 Å². The molecule has 2 N–H and O–H groups in total. The quantitative estimate of drug-likeness (QED) is 0.0682. The number of methoxy groups -OCH3 is 2. The molecule has 0 radical (unpaired) electrons. The SMILES string of the molecule is C#CC1CC1.COC(=O)C(NC(=O)c1ccc(Cl)cc1)C1[C@H]2CC(N=[N+]=[N-])C[C@@H]12.COC(=O)C(NC(=O)c1ccc(Cl)cc1)C1[C@H]2CC(n3cc(C4CC4)nn3)C[C@@H]12. The first-order chi connectivity index (χ1) is 28.0. The van der Waals surface area contributed by atoms with E-state index in [1.165, 1.54) is 39.9 Å². The summed E-state index contributed by atoms with van der Waals surface area (Å²) < 4.78 is 11.8. The Morgan fingerprint density at radius 1 is 0.810 bits per heavy atom. The van der Waals surface area contributed by atoms with Crippen LogP contribution in [0.15, 0.2) is 59.8 Å². The van der Waals surface area contributed by atoms with E-state index < -0.39 is 18.1 Å². The summed E-state index contributed by atoms with van der Waals surface area (Å²) in [6.45, 7) is 0. The third-order valence-corrected chi connectivity index (χ3v) is 12.9. The van der Waals surface area contributed by atoms with Gasteiger partial charge in [-0.05, 0) is 141 Å². The Kier molecular flexibility index (Phi) is 12.6. The zero-order chi connectivity index (χ0) is 41.1. The maximum Gasteiger partial charge on any atom is 0.328 e.